The molecule has 4 unspecified atom stereocenters. The molecule has 0 aromatic heterocycles. The van der Waals surface area contributed by atoms with Crippen molar-refractivity contribution in [3.05, 3.63) is 283 Å². The van der Waals surface area contributed by atoms with E-state index >= 15 is 0 Å². The van der Waals surface area contributed by atoms with Crippen LogP contribution >= 0.6 is 11.9 Å². The molecule has 1 spiro atoms. The van der Waals surface area contributed by atoms with E-state index in [9.17, 15) is 0 Å². The third-order valence-electron chi connectivity index (χ3n) is 13.8. The molecule has 0 saturated heterocycles. The lowest BCUT2D eigenvalue weighted by atomic mass is 9.62. The number of benzene rings is 8. The molecule has 0 amide bonds. The van der Waals surface area contributed by atoms with E-state index in [1.54, 1.807) is 0 Å². The summed E-state index contributed by atoms with van der Waals surface area (Å²) in [5, 5.41) is 0. The molecular formula is C63H53N3S. The van der Waals surface area contributed by atoms with Crippen LogP contribution in [0, 0.1) is 11.8 Å². The molecule has 8 aromatic carbocycles. The van der Waals surface area contributed by atoms with Gasteiger partial charge in [-0.2, -0.15) is 0 Å². The van der Waals surface area contributed by atoms with Gasteiger partial charge in [0.15, 0.2) is 0 Å². The predicted octanol–water partition coefficient (Wildman–Crippen LogP) is 17.6. The zero-order valence-electron chi connectivity index (χ0n) is 37.8. The molecule has 8 aromatic rings. The Morgan fingerprint density at radius 1 is 0.478 bits per heavy atom. The average molecular weight is 884 g/mol. The summed E-state index contributed by atoms with van der Waals surface area (Å²) in [6.45, 7) is 7.21. The van der Waals surface area contributed by atoms with Crippen LogP contribution in [0.5, 0.6) is 0 Å². The van der Waals surface area contributed by atoms with Gasteiger partial charge in [-0.15, -0.1) is 0 Å². The first-order chi connectivity index (χ1) is 33.0. The SMILES string of the molecule is C=C1/C=C\C(C)CCC2(c3cc(N(c4ccccc4)c4ccccc4)ccc31)c1cc(N(c3ccccc3)c3ccccc3)ccc1C1C=CC(SN(c3ccccc3)c3ccccc3)=CC12. The molecule has 3 aliphatic carbocycles. The zero-order chi connectivity index (χ0) is 45.2. The van der Waals surface area contributed by atoms with Gasteiger partial charge >= 0.3 is 0 Å². The van der Waals surface area contributed by atoms with Crippen molar-refractivity contribution in [1.29, 1.82) is 0 Å². The molecule has 4 heteroatoms. The summed E-state index contributed by atoms with van der Waals surface area (Å²) in [4.78, 5) is 6.06. The summed E-state index contributed by atoms with van der Waals surface area (Å²) in [6.07, 6.45) is 14.1. The fourth-order valence-electron chi connectivity index (χ4n) is 10.7. The van der Waals surface area contributed by atoms with Gasteiger partial charge in [0.25, 0.3) is 0 Å². The highest BCUT2D eigenvalue weighted by molar-refractivity contribution is 8.04. The molecule has 4 atom stereocenters. The number of fused-ring (bicyclic) bond motifs is 7. The Morgan fingerprint density at radius 2 is 0.925 bits per heavy atom. The Labute approximate surface area is 400 Å². The Hall–Kier alpha value is -7.53. The molecule has 11 rings (SSSR count). The smallest absolute Gasteiger partial charge is 0.0528 e. The largest absolute Gasteiger partial charge is 0.310 e. The Bertz CT molecular complexity index is 2980. The maximum absolute atomic E-state index is 4.84. The molecule has 0 aliphatic heterocycles. The van der Waals surface area contributed by atoms with E-state index in [2.05, 4.69) is 270 Å². The highest BCUT2D eigenvalue weighted by Crippen LogP contribution is 2.62. The highest BCUT2D eigenvalue weighted by Gasteiger charge is 2.53. The van der Waals surface area contributed by atoms with E-state index in [1.807, 2.05) is 11.9 Å². The van der Waals surface area contributed by atoms with Gasteiger partial charge in [-0.05, 0) is 156 Å². The Balaban J connectivity index is 1.16. The summed E-state index contributed by atoms with van der Waals surface area (Å²) < 4.78 is 2.38. The van der Waals surface area contributed by atoms with Crippen molar-refractivity contribution in [2.45, 2.75) is 31.1 Å². The molecule has 0 heterocycles. The van der Waals surface area contributed by atoms with Crippen LogP contribution in [0.15, 0.2) is 260 Å². The average Bonchev–Trinajstić information content (AvgIpc) is 3.69. The molecule has 3 nitrogen and oxygen atoms in total. The lowest BCUT2D eigenvalue weighted by Crippen LogP contribution is -2.35. The maximum atomic E-state index is 4.84. The third kappa shape index (κ3) is 8.02. The zero-order valence-corrected chi connectivity index (χ0v) is 38.6. The van der Waals surface area contributed by atoms with Gasteiger partial charge in [-0.1, -0.05) is 165 Å². The topological polar surface area (TPSA) is 9.72 Å². The Morgan fingerprint density at radius 3 is 1.42 bits per heavy atom. The molecule has 67 heavy (non-hydrogen) atoms. The predicted molar refractivity (Wildman–Crippen MR) is 286 cm³/mol. The van der Waals surface area contributed by atoms with E-state index in [4.69, 9.17) is 6.58 Å². The first-order valence-corrected chi connectivity index (χ1v) is 24.3. The normalized spacial score (nSPS) is 19.7. The molecule has 0 bridgehead atoms. The van der Waals surface area contributed by atoms with Crippen LogP contribution in [0.3, 0.4) is 0 Å². The highest BCUT2D eigenvalue weighted by atomic mass is 32.2. The van der Waals surface area contributed by atoms with Crippen molar-refractivity contribution in [1.82, 2.24) is 0 Å². The summed E-state index contributed by atoms with van der Waals surface area (Å²) in [6, 6.07) is 79.3. The fraction of sp³-hybridized carbons (Fsp3) is 0.111. The number of nitrogens with zero attached hydrogens (tertiary/aromatic N) is 3. The minimum absolute atomic E-state index is 0.106. The second kappa shape index (κ2) is 18.4. The van der Waals surface area contributed by atoms with Crippen LogP contribution in [-0.4, -0.2) is 0 Å². The molecule has 3 aliphatic rings. The summed E-state index contributed by atoms with van der Waals surface area (Å²) >= 11 is 1.81. The minimum Gasteiger partial charge on any atom is -0.310 e. The molecule has 0 N–H and O–H groups in total. The van der Waals surface area contributed by atoms with E-state index in [0.717, 1.165) is 63.9 Å². The molecule has 0 saturated carbocycles. The van der Waals surface area contributed by atoms with Crippen LogP contribution in [0.1, 0.15) is 47.9 Å². The van der Waals surface area contributed by atoms with Crippen LogP contribution < -0.4 is 14.1 Å². The van der Waals surface area contributed by atoms with Gasteiger partial charge in [0.1, 0.15) is 0 Å². The number of allylic oxidation sites excluding steroid dienone is 6. The van der Waals surface area contributed by atoms with Gasteiger partial charge in [0.05, 0.1) is 11.4 Å². The second-order valence-electron chi connectivity index (χ2n) is 17.9. The molecule has 326 valence electrons. The summed E-state index contributed by atoms with van der Waals surface area (Å²) in [5.41, 5.74) is 14.9. The molecule has 0 fully saturated rings. The van der Waals surface area contributed by atoms with Gasteiger partial charge in [-0.3, -0.25) is 4.31 Å². The third-order valence-corrected chi connectivity index (χ3v) is 14.9. The second-order valence-corrected chi connectivity index (χ2v) is 18.9. The quantitative estimate of drug-likeness (QED) is 0.127. The summed E-state index contributed by atoms with van der Waals surface area (Å²) in [5.74, 6) is 0.617. The van der Waals surface area contributed by atoms with Gasteiger partial charge in [0.2, 0.25) is 0 Å². The lowest BCUT2D eigenvalue weighted by Gasteiger charge is -2.41. The van der Waals surface area contributed by atoms with Crippen LogP contribution in [-0.2, 0) is 5.41 Å². The lowest BCUT2D eigenvalue weighted by molar-refractivity contribution is 0.343. The van der Waals surface area contributed by atoms with Crippen molar-refractivity contribution < 1.29 is 0 Å². The van der Waals surface area contributed by atoms with E-state index < -0.39 is 5.41 Å². The molecule has 0 radical (unpaired) electrons. The number of anilines is 8. The monoisotopic (exact) mass is 883 g/mol. The number of hydrogen-bond donors (Lipinski definition) is 0. The van der Waals surface area contributed by atoms with Crippen molar-refractivity contribution in [2.24, 2.45) is 11.8 Å². The maximum Gasteiger partial charge on any atom is 0.0528 e. The fourth-order valence-corrected chi connectivity index (χ4v) is 11.7. The molecular weight excluding hydrogens is 831 g/mol. The van der Waals surface area contributed by atoms with Crippen LogP contribution in [0.4, 0.5) is 45.5 Å². The van der Waals surface area contributed by atoms with Crippen LogP contribution in [0.25, 0.3) is 5.57 Å². The Kier molecular flexibility index (Phi) is 11.6. The first kappa shape index (κ1) is 42.1. The minimum atomic E-state index is -0.441. The van der Waals surface area contributed by atoms with Crippen LogP contribution in [0.2, 0.25) is 0 Å². The number of hydrogen-bond acceptors (Lipinski definition) is 4. The van der Waals surface area contributed by atoms with Gasteiger partial charge < -0.3 is 9.80 Å². The van der Waals surface area contributed by atoms with E-state index in [-0.39, 0.29) is 11.8 Å². The van der Waals surface area contributed by atoms with Gasteiger partial charge in [0, 0.05) is 56.3 Å². The first-order valence-electron chi connectivity index (χ1n) is 23.5. The van der Waals surface area contributed by atoms with Crippen molar-refractivity contribution in [3.8, 4) is 0 Å². The summed E-state index contributed by atoms with van der Waals surface area (Å²) in [7, 11) is 0. The van der Waals surface area contributed by atoms with E-state index in [1.165, 1.54) is 27.2 Å². The van der Waals surface area contributed by atoms with Crippen molar-refractivity contribution in [3.63, 3.8) is 0 Å². The van der Waals surface area contributed by atoms with Gasteiger partial charge in [-0.25, -0.2) is 0 Å². The number of para-hydroxylation sites is 6. The van der Waals surface area contributed by atoms with E-state index in [0.29, 0.717) is 5.92 Å². The van der Waals surface area contributed by atoms with Crippen molar-refractivity contribution in [2.75, 3.05) is 14.1 Å². The number of rotatable bonds is 10. The van der Waals surface area contributed by atoms with Crippen molar-refractivity contribution >= 4 is 63.0 Å². The standard InChI is InChI=1S/C63H53N3S/c1-46-33-34-47(2)57-38-35-54(64(48-21-9-3-10-22-48)49-23-11-4-12-24-49)43-60(57)63(42-41-46)61-44-55(65(50-25-13-5-14-26-50)51-27-15-6-16-28-51)36-39-58(61)59-40-37-56(45-62(59)63)67-66(52-29-17-7-18-30-52)53-31-19-8-20-32-53/h3-40,43-46,59,62H,2,41-42H2,1H3/b34-33-.